The summed E-state index contributed by atoms with van der Waals surface area (Å²) >= 11 is 0. The van der Waals surface area contributed by atoms with Gasteiger partial charge in [0.05, 0.1) is 5.69 Å². The molecular formula is C13H15N3O. The molecule has 2 rings (SSSR count). The summed E-state index contributed by atoms with van der Waals surface area (Å²) in [5.41, 5.74) is 7.37. The van der Waals surface area contributed by atoms with Crippen molar-refractivity contribution in [2.24, 2.45) is 0 Å². The lowest BCUT2D eigenvalue weighted by molar-refractivity contribution is 0.474. The third-order valence-corrected chi connectivity index (χ3v) is 2.44. The van der Waals surface area contributed by atoms with Gasteiger partial charge in [-0.25, -0.2) is 4.98 Å². The van der Waals surface area contributed by atoms with E-state index in [4.69, 9.17) is 10.5 Å². The van der Waals surface area contributed by atoms with E-state index >= 15 is 0 Å². The SMILES string of the molecule is CCc1cc(Oc2ccc(N)nc2C)ccn1. The molecule has 0 atom stereocenters. The van der Waals surface area contributed by atoms with Gasteiger partial charge in [0.25, 0.3) is 0 Å². The third-order valence-electron chi connectivity index (χ3n) is 2.44. The highest BCUT2D eigenvalue weighted by atomic mass is 16.5. The van der Waals surface area contributed by atoms with Gasteiger partial charge in [-0.2, -0.15) is 0 Å². The van der Waals surface area contributed by atoms with Crippen molar-refractivity contribution in [2.75, 3.05) is 5.73 Å². The van der Waals surface area contributed by atoms with Gasteiger partial charge in [-0.15, -0.1) is 0 Å². The predicted molar refractivity (Wildman–Crippen MR) is 67.1 cm³/mol. The minimum absolute atomic E-state index is 0.499. The van der Waals surface area contributed by atoms with Gasteiger partial charge >= 0.3 is 0 Å². The van der Waals surface area contributed by atoms with Crippen molar-refractivity contribution in [2.45, 2.75) is 20.3 Å². The highest BCUT2D eigenvalue weighted by Crippen LogP contribution is 2.24. The van der Waals surface area contributed by atoms with E-state index in [0.29, 0.717) is 11.6 Å². The second-order valence-corrected chi connectivity index (χ2v) is 3.76. The Hall–Kier alpha value is -2.10. The van der Waals surface area contributed by atoms with Crippen LogP contribution in [0.1, 0.15) is 18.3 Å². The Kier molecular flexibility index (Phi) is 3.23. The standard InChI is InChI=1S/C13H15N3O/c1-3-10-8-11(6-7-15-10)17-12-4-5-13(14)16-9(12)2/h4-8H,3H2,1-2H3,(H2,14,16). The zero-order valence-corrected chi connectivity index (χ0v) is 9.97. The number of nitrogen functional groups attached to an aromatic ring is 1. The molecule has 2 N–H and O–H groups in total. The Morgan fingerprint density at radius 3 is 2.82 bits per heavy atom. The van der Waals surface area contributed by atoms with E-state index in [0.717, 1.165) is 23.6 Å². The van der Waals surface area contributed by atoms with Crippen LogP contribution >= 0.6 is 0 Å². The van der Waals surface area contributed by atoms with E-state index in [-0.39, 0.29) is 0 Å². The molecule has 2 aromatic rings. The summed E-state index contributed by atoms with van der Waals surface area (Å²) in [4.78, 5) is 8.37. The molecule has 0 aliphatic heterocycles. The zero-order valence-electron chi connectivity index (χ0n) is 9.97. The molecule has 2 heterocycles. The molecule has 0 saturated heterocycles. The Balaban J connectivity index is 2.25. The van der Waals surface area contributed by atoms with Gasteiger partial charge in [0.1, 0.15) is 17.3 Å². The second-order valence-electron chi connectivity index (χ2n) is 3.76. The van der Waals surface area contributed by atoms with E-state index < -0.39 is 0 Å². The zero-order chi connectivity index (χ0) is 12.3. The van der Waals surface area contributed by atoms with E-state index in [9.17, 15) is 0 Å². The van der Waals surface area contributed by atoms with E-state index in [2.05, 4.69) is 16.9 Å². The molecule has 0 bridgehead atoms. The first-order valence-electron chi connectivity index (χ1n) is 5.55. The number of pyridine rings is 2. The molecule has 0 fully saturated rings. The topological polar surface area (TPSA) is 61.0 Å². The molecule has 0 saturated carbocycles. The lowest BCUT2D eigenvalue weighted by atomic mass is 10.3. The minimum Gasteiger partial charge on any atom is -0.455 e. The smallest absolute Gasteiger partial charge is 0.148 e. The maximum absolute atomic E-state index is 5.75. The van der Waals surface area contributed by atoms with Crippen LogP contribution < -0.4 is 10.5 Å². The summed E-state index contributed by atoms with van der Waals surface area (Å²) in [6, 6.07) is 7.30. The largest absolute Gasteiger partial charge is 0.455 e. The summed E-state index contributed by atoms with van der Waals surface area (Å²) in [5, 5.41) is 0. The highest BCUT2D eigenvalue weighted by molar-refractivity contribution is 5.40. The summed E-state index contributed by atoms with van der Waals surface area (Å²) in [5.74, 6) is 1.98. The third kappa shape index (κ3) is 2.72. The fourth-order valence-electron chi connectivity index (χ4n) is 1.52. The normalized spacial score (nSPS) is 10.2. The molecule has 0 amide bonds. The molecular weight excluding hydrogens is 214 g/mol. The van der Waals surface area contributed by atoms with Crippen molar-refractivity contribution >= 4 is 5.82 Å². The average molecular weight is 229 g/mol. The molecule has 17 heavy (non-hydrogen) atoms. The molecule has 0 radical (unpaired) electrons. The molecule has 2 aromatic heterocycles. The van der Waals surface area contributed by atoms with E-state index in [1.165, 1.54) is 0 Å². The Bertz CT molecular complexity index is 526. The first-order chi connectivity index (χ1) is 8.19. The van der Waals surface area contributed by atoms with Gasteiger partial charge < -0.3 is 10.5 Å². The molecule has 0 spiro atoms. The first-order valence-corrected chi connectivity index (χ1v) is 5.55. The van der Waals surface area contributed by atoms with Crippen LogP contribution in [0.5, 0.6) is 11.5 Å². The van der Waals surface area contributed by atoms with Crippen LogP contribution in [-0.2, 0) is 6.42 Å². The quantitative estimate of drug-likeness (QED) is 0.879. The van der Waals surface area contributed by atoms with Crippen molar-refractivity contribution in [3.63, 3.8) is 0 Å². The maximum Gasteiger partial charge on any atom is 0.148 e. The molecule has 4 nitrogen and oxygen atoms in total. The number of hydrogen-bond donors (Lipinski definition) is 1. The van der Waals surface area contributed by atoms with E-state index in [1.54, 1.807) is 12.3 Å². The van der Waals surface area contributed by atoms with Crippen LogP contribution in [0.4, 0.5) is 5.82 Å². The number of hydrogen-bond acceptors (Lipinski definition) is 4. The number of aromatic nitrogens is 2. The number of anilines is 1. The first kappa shape index (κ1) is 11.4. The molecule has 0 aliphatic carbocycles. The number of ether oxygens (including phenoxy) is 1. The van der Waals surface area contributed by atoms with Crippen LogP contribution in [0.25, 0.3) is 0 Å². The fourth-order valence-corrected chi connectivity index (χ4v) is 1.52. The lowest BCUT2D eigenvalue weighted by Gasteiger charge is -2.08. The Morgan fingerprint density at radius 2 is 2.12 bits per heavy atom. The Labute approximate surface area is 100 Å². The Morgan fingerprint density at radius 1 is 1.29 bits per heavy atom. The molecule has 0 aliphatic rings. The lowest BCUT2D eigenvalue weighted by Crippen LogP contribution is -1.96. The highest BCUT2D eigenvalue weighted by Gasteiger charge is 2.03. The van der Waals surface area contributed by atoms with Gasteiger partial charge in [0.15, 0.2) is 0 Å². The maximum atomic E-state index is 5.75. The van der Waals surface area contributed by atoms with Crippen LogP contribution in [0.3, 0.4) is 0 Å². The van der Waals surface area contributed by atoms with Crippen LogP contribution in [0.15, 0.2) is 30.5 Å². The summed E-state index contributed by atoms with van der Waals surface area (Å²) in [7, 11) is 0. The van der Waals surface area contributed by atoms with Crippen molar-refractivity contribution in [3.05, 3.63) is 41.9 Å². The number of nitrogens with two attached hydrogens (primary N) is 1. The van der Waals surface area contributed by atoms with E-state index in [1.807, 2.05) is 25.1 Å². The average Bonchev–Trinajstić information content (AvgIpc) is 2.33. The van der Waals surface area contributed by atoms with Crippen LogP contribution in [0.2, 0.25) is 0 Å². The minimum atomic E-state index is 0.499. The monoisotopic (exact) mass is 229 g/mol. The molecule has 0 aromatic carbocycles. The summed E-state index contributed by atoms with van der Waals surface area (Å²) in [6.07, 6.45) is 2.63. The molecule has 88 valence electrons. The van der Waals surface area contributed by atoms with Crippen molar-refractivity contribution in [1.29, 1.82) is 0 Å². The van der Waals surface area contributed by atoms with Crippen LogP contribution in [0, 0.1) is 6.92 Å². The van der Waals surface area contributed by atoms with Gasteiger partial charge in [-0.3, -0.25) is 4.98 Å². The van der Waals surface area contributed by atoms with Gasteiger partial charge in [-0.1, -0.05) is 6.92 Å². The molecule has 0 unspecified atom stereocenters. The number of nitrogens with zero attached hydrogens (tertiary/aromatic N) is 2. The van der Waals surface area contributed by atoms with Crippen molar-refractivity contribution in [1.82, 2.24) is 9.97 Å². The predicted octanol–water partition coefficient (Wildman–Crippen LogP) is 2.72. The van der Waals surface area contributed by atoms with Gasteiger partial charge in [-0.05, 0) is 31.5 Å². The van der Waals surface area contributed by atoms with Crippen molar-refractivity contribution in [3.8, 4) is 11.5 Å². The number of rotatable bonds is 3. The second kappa shape index (κ2) is 4.82. The van der Waals surface area contributed by atoms with Gasteiger partial charge in [0, 0.05) is 18.0 Å². The summed E-state index contributed by atoms with van der Waals surface area (Å²) < 4.78 is 5.75. The fraction of sp³-hybridized carbons (Fsp3) is 0.231. The number of aryl methyl sites for hydroxylation is 2. The van der Waals surface area contributed by atoms with Gasteiger partial charge in [0.2, 0.25) is 0 Å². The van der Waals surface area contributed by atoms with Crippen LogP contribution in [-0.4, -0.2) is 9.97 Å². The summed E-state index contributed by atoms with van der Waals surface area (Å²) in [6.45, 7) is 3.93. The molecule has 4 heteroatoms. The van der Waals surface area contributed by atoms with Crippen molar-refractivity contribution < 1.29 is 4.74 Å².